The third kappa shape index (κ3) is 5.39. The quantitative estimate of drug-likeness (QED) is 0.641. The smallest absolute Gasteiger partial charge is 0.222 e. The highest BCUT2D eigenvalue weighted by atomic mass is 35.5. The van der Waals surface area contributed by atoms with Crippen molar-refractivity contribution >= 4 is 23.5 Å². The third-order valence-electron chi connectivity index (χ3n) is 5.69. The minimum absolute atomic E-state index is 0.185. The van der Waals surface area contributed by atoms with Crippen molar-refractivity contribution < 1.29 is 4.79 Å². The van der Waals surface area contributed by atoms with Crippen LogP contribution in [-0.4, -0.2) is 38.8 Å². The Labute approximate surface area is 187 Å². The third-order valence-corrected chi connectivity index (χ3v) is 5.92. The minimum Gasteiger partial charge on any atom is -0.368 e. The molecule has 6 nitrogen and oxygen atoms in total. The summed E-state index contributed by atoms with van der Waals surface area (Å²) in [6, 6.07) is 11.8. The van der Waals surface area contributed by atoms with Gasteiger partial charge >= 0.3 is 0 Å². The minimum atomic E-state index is 0.185. The second-order valence-corrected chi connectivity index (χ2v) is 8.50. The van der Waals surface area contributed by atoms with Crippen LogP contribution in [0, 0.1) is 6.92 Å². The lowest BCUT2D eigenvalue weighted by Gasteiger charge is -2.33. The van der Waals surface area contributed by atoms with Crippen LogP contribution in [0.3, 0.4) is 0 Å². The molecular weight excluding hydrogens is 410 g/mol. The van der Waals surface area contributed by atoms with Gasteiger partial charge in [0.2, 0.25) is 11.9 Å². The highest BCUT2D eigenvalue weighted by Crippen LogP contribution is 2.30. The van der Waals surface area contributed by atoms with Gasteiger partial charge in [0.15, 0.2) is 0 Å². The maximum atomic E-state index is 12.9. The van der Waals surface area contributed by atoms with Crippen molar-refractivity contribution in [3.8, 4) is 11.1 Å². The lowest BCUT2D eigenvalue weighted by molar-refractivity contribution is -0.132. The van der Waals surface area contributed by atoms with Crippen LogP contribution in [-0.2, 0) is 11.2 Å². The Kier molecular flexibility index (Phi) is 6.47. The number of carbonyl (C=O) groups excluding carboxylic acids is 1. The van der Waals surface area contributed by atoms with Crippen molar-refractivity contribution in [2.45, 2.75) is 38.5 Å². The lowest BCUT2D eigenvalue weighted by atomic mass is 9.92. The number of pyridine rings is 1. The van der Waals surface area contributed by atoms with Crippen LogP contribution in [0.2, 0.25) is 5.02 Å². The molecule has 7 heteroatoms. The second-order valence-electron chi connectivity index (χ2n) is 8.06. The van der Waals surface area contributed by atoms with E-state index in [1.165, 1.54) is 0 Å². The van der Waals surface area contributed by atoms with E-state index in [0.29, 0.717) is 24.4 Å². The number of hydrogen-bond acceptors (Lipinski definition) is 5. The van der Waals surface area contributed by atoms with Crippen LogP contribution in [0.15, 0.2) is 48.8 Å². The SMILES string of the molecule is Cc1cc(-c2cnc(N)nc2)cc(C2CCCN(C(=O)CCc3cccc(Cl)c3)C2)n1. The normalized spacial score (nSPS) is 16.3. The molecule has 1 fully saturated rings. The maximum Gasteiger partial charge on any atom is 0.222 e. The number of nitrogen functional groups attached to an aromatic ring is 1. The molecule has 31 heavy (non-hydrogen) atoms. The molecule has 0 spiro atoms. The molecule has 2 N–H and O–H groups in total. The highest BCUT2D eigenvalue weighted by Gasteiger charge is 2.26. The number of nitrogens with zero attached hydrogens (tertiary/aromatic N) is 4. The largest absolute Gasteiger partial charge is 0.368 e. The monoisotopic (exact) mass is 435 g/mol. The van der Waals surface area contributed by atoms with Gasteiger partial charge in [0, 0.05) is 59.8 Å². The van der Waals surface area contributed by atoms with E-state index in [9.17, 15) is 4.79 Å². The highest BCUT2D eigenvalue weighted by molar-refractivity contribution is 6.30. The van der Waals surface area contributed by atoms with E-state index >= 15 is 0 Å². The number of piperidine rings is 1. The van der Waals surface area contributed by atoms with Crippen LogP contribution in [0.1, 0.15) is 42.1 Å². The summed E-state index contributed by atoms with van der Waals surface area (Å²) < 4.78 is 0. The number of hydrogen-bond donors (Lipinski definition) is 1. The van der Waals surface area contributed by atoms with E-state index in [4.69, 9.17) is 22.3 Å². The summed E-state index contributed by atoms with van der Waals surface area (Å²) in [5.41, 5.74) is 10.6. The van der Waals surface area contributed by atoms with Crippen LogP contribution >= 0.6 is 11.6 Å². The number of aryl methyl sites for hydroxylation is 2. The number of anilines is 1. The van der Waals surface area contributed by atoms with Crippen LogP contribution in [0.25, 0.3) is 11.1 Å². The molecule has 1 saturated heterocycles. The Bertz CT molecular complexity index is 1070. The molecule has 2 aromatic heterocycles. The van der Waals surface area contributed by atoms with Gasteiger partial charge in [-0.2, -0.15) is 0 Å². The van der Waals surface area contributed by atoms with Gasteiger partial charge in [0.1, 0.15) is 0 Å². The van der Waals surface area contributed by atoms with Crippen molar-refractivity contribution in [3.63, 3.8) is 0 Å². The summed E-state index contributed by atoms with van der Waals surface area (Å²) in [5.74, 6) is 0.663. The number of likely N-dealkylation sites (tertiary alicyclic amines) is 1. The first-order valence-electron chi connectivity index (χ1n) is 10.6. The topological polar surface area (TPSA) is 85.0 Å². The van der Waals surface area contributed by atoms with Gasteiger partial charge in [-0.3, -0.25) is 9.78 Å². The molecule has 3 aromatic rings. The zero-order chi connectivity index (χ0) is 21.8. The fraction of sp³-hybridized carbons (Fsp3) is 0.333. The Morgan fingerprint density at radius 3 is 2.77 bits per heavy atom. The summed E-state index contributed by atoms with van der Waals surface area (Å²) in [6.45, 7) is 3.49. The van der Waals surface area contributed by atoms with Gasteiger partial charge in [0.25, 0.3) is 0 Å². The zero-order valence-electron chi connectivity index (χ0n) is 17.6. The number of aromatic nitrogens is 3. The first kappa shape index (κ1) is 21.2. The Morgan fingerprint density at radius 1 is 1.19 bits per heavy atom. The van der Waals surface area contributed by atoms with Crippen molar-refractivity contribution in [2.75, 3.05) is 18.8 Å². The molecule has 3 heterocycles. The second kappa shape index (κ2) is 9.43. The first-order chi connectivity index (χ1) is 15.0. The van der Waals surface area contributed by atoms with E-state index in [1.54, 1.807) is 12.4 Å². The summed E-state index contributed by atoms with van der Waals surface area (Å²) in [5, 5.41) is 0.704. The summed E-state index contributed by atoms with van der Waals surface area (Å²) >= 11 is 6.06. The van der Waals surface area contributed by atoms with Gasteiger partial charge < -0.3 is 10.6 Å². The van der Waals surface area contributed by atoms with Gasteiger partial charge in [-0.05, 0) is 61.6 Å². The van der Waals surface area contributed by atoms with Gasteiger partial charge in [-0.15, -0.1) is 0 Å². The van der Waals surface area contributed by atoms with Crippen molar-refractivity contribution in [1.82, 2.24) is 19.9 Å². The molecule has 1 aliphatic rings. The molecule has 0 bridgehead atoms. The maximum absolute atomic E-state index is 12.9. The summed E-state index contributed by atoms with van der Waals surface area (Å²) in [7, 11) is 0. The number of amides is 1. The molecule has 1 aromatic carbocycles. The standard InChI is InChI=1S/C24H26ClN5O/c1-16-10-19(20-13-27-24(26)28-14-20)12-22(29-16)18-5-3-9-30(15-18)23(31)8-7-17-4-2-6-21(25)11-17/h2,4,6,10-14,18H,3,5,7-9,15H2,1H3,(H2,26,27,28). The number of nitrogens with two attached hydrogens (primary N) is 1. The molecule has 1 unspecified atom stereocenters. The van der Waals surface area contributed by atoms with E-state index < -0.39 is 0 Å². The first-order valence-corrected chi connectivity index (χ1v) is 10.9. The number of benzene rings is 1. The molecule has 0 saturated carbocycles. The van der Waals surface area contributed by atoms with Gasteiger partial charge in [-0.1, -0.05) is 23.7 Å². The molecule has 0 aliphatic carbocycles. The zero-order valence-corrected chi connectivity index (χ0v) is 18.3. The molecule has 4 rings (SSSR count). The Morgan fingerprint density at radius 2 is 2.00 bits per heavy atom. The predicted octanol–water partition coefficient (Wildman–Crippen LogP) is 4.42. The fourth-order valence-electron chi connectivity index (χ4n) is 4.10. The molecular formula is C24H26ClN5O. The average molecular weight is 436 g/mol. The van der Waals surface area contributed by atoms with E-state index in [0.717, 1.165) is 47.5 Å². The number of halogens is 1. The van der Waals surface area contributed by atoms with E-state index in [1.807, 2.05) is 42.2 Å². The molecule has 0 radical (unpaired) electrons. The van der Waals surface area contributed by atoms with Crippen molar-refractivity contribution in [3.05, 3.63) is 70.8 Å². The summed E-state index contributed by atoms with van der Waals surface area (Å²) in [4.78, 5) is 27.8. The Balaban J connectivity index is 1.45. The summed E-state index contributed by atoms with van der Waals surface area (Å²) in [6.07, 6.45) is 6.64. The van der Waals surface area contributed by atoms with E-state index in [2.05, 4.69) is 16.0 Å². The average Bonchev–Trinajstić information content (AvgIpc) is 2.78. The predicted molar refractivity (Wildman–Crippen MR) is 123 cm³/mol. The van der Waals surface area contributed by atoms with Crippen molar-refractivity contribution in [1.29, 1.82) is 0 Å². The molecule has 1 amide bonds. The molecule has 160 valence electrons. The molecule has 1 aliphatic heterocycles. The number of carbonyl (C=O) groups is 1. The molecule has 1 atom stereocenters. The Hall–Kier alpha value is -2.99. The van der Waals surface area contributed by atoms with Crippen LogP contribution < -0.4 is 5.73 Å². The van der Waals surface area contributed by atoms with Crippen LogP contribution in [0.4, 0.5) is 5.95 Å². The van der Waals surface area contributed by atoms with Gasteiger partial charge in [-0.25, -0.2) is 9.97 Å². The number of rotatable bonds is 5. The van der Waals surface area contributed by atoms with E-state index in [-0.39, 0.29) is 17.8 Å². The van der Waals surface area contributed by atoms with Crippen molar-refractivity contribution in [2.24, 2.45) is 0 Å². The van der Waals surface area contributed by atoms with Crippen LogP contribution in [0.5, 0.6) is 0 Å². The van der Waals surface area contributed by atoms with Gasteiger partial charge in [0.05, 0.1) is 0 Å². The fourth-order valence-corrected chi connectivity index (χ4v) is 4.32. The lowest BCUT2D eigenvalue weighted by Crippen LogP contribution is -2.39.